The number of fused-ring (bicyclic) bond motifs is 1. The average molecular weight is 294 g/mol. The highest BCUT2D eigenvalue weighted by molar-refractivity contribution is 5.92. The Morgan fingerprint density at radius 2 is 2.14 bits per heavy atom. The van der Waals surface area contributed by atoms with E-state index in [2.05, 4.69) is 12.2 Å². The van der Waals surface area contributed by atoms with Crippen molar-refractivity contribution in [1.82, 2.24) is 4.90 Å². The van der Waals surface area contributed by atoms with Crippen LogP contribution in [0.2, 0.25) is 0 Å². The third-order valence-corrected chi connectivity index (χ3v) is 3.27. The molecule has 6 heteroatoms. The van der Waals surface area contributed by atoms with Crippen LogP contribution in [0.25, 0.3) is 0 Å². The zero-order valence-corrected chi connectivity index (χ0v) is 12.3. The second-order valence-electron chi connectivity index (χ2n) is 4.97. The van der Waals surface area contributed by atoms with E-state index < -0.39 is 0 Å². The SMILES string of the molecule is CCCCN(CCO)CC(=O)Nc1ccc2c(c1)OCO2. The van der Waals surface area contributed by atoms with Gasteiger partial charge in [0.15, 0.2) is 11.5 Å². The molecule has 0 bridgehead atoms. The van der Waals surface area contributed by atoms with Crippen LogP contribution in [0.1, 0.15) is 19.8 Å². The highest BCUT2D eigenvalue weighted by Crippen LogP contribution is 2.34. The number of unbranched alkanes of at least 4 members (excludes halogenated alkanes) is 1. The first-order valence-electron chi connectivity index (χ1n) is 7.25. The van der Waals surface area contributed by atoms with Crippen LogP contribution >= 0.6 is 0 Å². The van der Waals surface area contributed by atoms with Crippen molar-refractivity contribution in [2.75, 3.05) is 38.4 Å². The van der Waals surface area contributed by atoms with Crippen LogP contribution in [0.4, 0.5) is 5.69 Å². The van der Waals surface area contributed by atoms with Crippen molar-refractivity contribution in [1.29, 1.82) is 0 Å². The highest BCUT2D eigenvalue weighted by Gasteiger charge is 2.15. The molecule has 2 rings (SSSR count). The lowest BCUT2D eigenvalue weighted by atomic mass is 10.2. The van der Waals surface area contributed by atoms with Crippen molar-refractivity contribution in [2.45, 2.75) is 19.8 Å². The molecule has 1 amide bonds. The largest absolute Gasteiger partial charge is 0.454 e. The van der Waals surface area contributed by atoms with Gasteiger partial charge in [0.25, 0.3) is 0 Å². The van der Waals surface area contributed by atoms with E-state index >= 15 is 0 Å². The average Bonchev–Trinajstić information content (AvgIpc) is 2.92. The van der Waals surface area contributed by atoms with Crippen molar-refractivity contribution in [3.8, 4) is 11.5 Å². The smallest absolute Gasteiger partial charge is 0.238 e. The Bertz CT molecular complexity index is 479. The number of hydrogen-bond acceptors (Lipinski definition) is 5. The minimum absolute atomic E-state index is 0.0566. The monoisotopic (exact) mass is 294 g/mol. The van der Waals surface area contributed by atoms with E-state index in [0.29, 0.717) is 23.7 Å². The molecule has 1 aliphatic heterocycles. The summed E-state index contributed by atoms with van der Waals surface area (Å²) in [7, 11) is 0. The molecule has 21 heavy (non-hydrogen) atoms. The number of ether oxygens (including phenoxy) is 2. The number of rotatable bonds is 8. The maximum Gasteiger partial charge on any atom is 0.238 e. The fourth-order valence-electron chi connectivity index (χ4n) is 2.17. The lowest BCUT2D eigenvalue weighted by molar-refractivity contribution is -0.117. The molecule has 0 radical (unpaired) electrons. The molecule has 1 aliphatic rings. The van der Waals surface area contributed by atoms with Gasteiger partial charge >= 0.3 is 0 Å². The number of hydrogen-bond donors (Lipinski definition) is 2. The first-order chi connectivity index (χ1) is 10.2. The van der Waals surface area contributed by atoms with Gasteiger partial charge in [-0.2, -0.15) is 0 Å². The summed E-state index contributed by atoms with van der Waals surface area (Å²) in [6.45, 7) is 3.97. The number of benzene rings is 1. The van der Waals surface area contributed by atoms with Crippen molar-refractivity contribution in [3.63, 3.8) is 0 Å². The summed E-state index contributed by atoms with van der Waals surface area (Å²) < 4.78 is 10.5. The number of anilines is 1. The second-order valence-corrected chi connectivity index (χ2v) is 4.97. The number of aliphatic hydroxyl groups excluding tert-OH is 1. The summed E-state index contributed by atoms with van der Waals surface area (Å²) in [5, 5.41) is 11.9. The first kappa shape index (κ1) is 15.6. The molecule has 0 saturated heterocycles. The van der Waals surface area contributed by atoms with E-state index in [1.165, 1.54) is 0 Å². The maximum atomic E-state index is 12.1. The number of aliphatic hydroxyl groups is 1. The molecule has 0 aliphatic carbocycles. The fraction of sp³-hybridized carbons (Fsp3) is 0.533. The predicted molar refractivity (Wildman–Crippen MR) is 79.6 cm³/mol. The molecule has 116 valence electrons. The van der Waals surface area contributed by atoms with Crippen LogP contribution in [0.3, 0.4) is 0 Å². The van der Waals surface area contributed by atoms with Crippen molar-refractivity contribution in [2.24, 2.45) is 0 Å². The van der Waals surface area contributed by atoms with Crippen molar-refractivity contribution >= 4 is 11.6 Å². The number of nitrogens with zero attached hydrogens (tertiary/aromatic N) is 1. The zero-order valence-electron chi connectivity index (χ0n) is 12.3. The number of carbonyl (C=O) groups excluding carboxylic acids is 1. The van der Waals surface area contributed by atoms with Gasteiger partial charge in [-0.3, -0.25) is 9.69 Å². The minimum Gasteiger partial charge on any atom is -0.454 e. The molecule has 6 nitrogen and oxygen atoms in total. The Labute approximate surface area is 124 Å². The van der Waals surface area contributed by atoms with Gasteiger partial charge in [0.2, 0.25) is 12.7 Å². The first-order valence-corrected chi connectivity index (χ1v) is 7.25. The van der Waals surface area contributed by atoms with Gasteiger partial charge in [0.1, 0.15) is 0 Å². The molecule has 0 unspecified atom stereocenters. The molecule has 2 N–H and O–H groups in total. The summed E-state index contributed by atoms with van der Waals surface area (Å²) in [5.41, 5.74) is 0.684. The van der Waals surface area contributed by atoms with Crippen LogP contribution in [-0.2, 0) is 4.79 Å². The topological polar surface area (TPSA) is 71.0 Å². The second kappa shape index (κ2) is 7.85. The molecule has 1 aromatic rings. The van der Waals surface area contributed by atoms with Gasteiger partial charge in [0, 0.05) is 18.3 Å². The van der Waals surface area contributed by atoms with E-state index in [4.69, 9.17) is 14.6 Å². The number of carbonyl (C=O) groups is 1. The predicted octanol–water partition coefficient (Wildman–Crippen LogP) is 1.45. The molecule has 0 saturated carbocycles. The molecule has 0 aromatic heterocycles. The Morgan fingerprint density at radius 1 is 1.33 bits per heavy atom. The van der Waals surface area contributed by atoms with Gasteiger partial charge < -0.3 is 19.9 Å². The third kappa shape index (κ3) is 4.61. The van der Waals surface area contributed by atoms with Gasteiger partial charge in [-0.15, -0.1) is 0 Å². The van der Waals surface area contributed by atoms with Crippen LogP contribution in [-0.4, -0.2) is 48.9 Å². The standard InChI is InChI=1S/C15H22N2O4/c1-2-3-6-17(7-8-18)10-15(19)16-12-4-5-13-14(9-12)21-11-20-13/h4-5,9,18H,2-3,6-8,10-11H2,1H3,(H,16,19). The molecule has 1 heterocycles. The number of nitrogens with one attached hydrogen (secondary N) is 1. The molecular formula is C15H22N2O4. The van der Waals surface area contributed by atoms with Crippen LogP contribution in [0.15, 0.2) is 18.2 Å². The Morgan fingerprint density at radius 3 is 2.90 bits per heavy atom. The molecule has 1 aromatic carbocycles. The normalized spacial score (nSPS) is 12.7. The van der Waals surface area contributed by atoms with Crippen molar-refractivity contribution < 1.29 is 19.4 Å². The van der Waals surface area contributed by atoms with Crippen LogP contribution < -0.4 is 14.8 Å². The van der Waals surface area contributed by atoms with Crippen LogP contribution in [0.5, 0.6) is 11.5 Å². The summed E-state index contributed by atoms with van der Waals surface area (Å²) >= 11 is 0. The van der Waals surface area contributed by atoms with E-state index in [0.717, 1.165) is 19.4 Å². The Kier molecular flexibility index (Phi) is 5.83. The molecular weight excluding hydrogens is 272 g/mol. The zero-order chi connectivity index (χ0) is 15.1. The summed E-state index contributed by atoms with van der Waals surface area (Å²) in [4.78, 5) is 14.0. The van der Waals surface area contributed by atoms with Crippen molar-refractivity contribution in [3.05, 3.63) is 18.2 Å². The van der Waals surface area contributed by atoms with E-state index in [9.17, 15) is 4.79 Å². The molecule has 0 spiro atoms. The molecule has 0 fully saturated rings. The molecule has 0 atom stereocenters. The van der Waals surface area contributed by atoms with E-state index in [1.54, 1.807) is 18.2 Å². The Balaban J connectivity index is 1.87. The lowest BCUT2D eigenvalue weighted by Crippen LogP contribution is -2.35. The fourth-order valence-corrected chi connectivity index (χ4v) is 2.17. The lowest BCUT2D eigenvalue weighted by Gasteiger charge is -2.20. The quantitative estimate of drug-likeness (QED) is 0.759. The third-order valence-electron chi connectivity index (χ3n) is 3.27. The number of amides is 1. The summed E-state index contributed by atoms with van der Waals surface area (Å²) in [6.07, 6.45) is 2.07. The highest BCUT2D eigenvalue weighted by atomic mass is 16.7. The van der Waals surface area contributed by atoms with Gasteiger partial charge in [-0.25, -0.2) is 0 Å². The Hall–Kier alpha value is -1.79. The maximum absolute atomic E-state index is 12.1. The van der Waals surface area contributed by atoms with Gasteiger partial charge in [-0.1, -0.05) is 13.3 Å². The minimum atomic E-state index is -0.0987. The van der Waals surface area contributed by atoms with Gasteiger partial charge in [0.05, 0.1) is 13.2 Å². The van der Waals surface area contributed by atoms with Crippen LogP contribution in [0, 0.1) is 0 Å². The summed E-state index contributed by atoms with van der Waals surface area (Å²) in [6, 6.07) is 5.32. The van der Waals surface area contributed by atoms with E-state index in [-0.39, 0.29) is 25.9 Å². The van der Waals surface area contributed by atoms with Gasteiger partial charge in [-0.05, 0) is 25.1 Å². The summed E-state index contributed by atoms with van der Waals surface area (Å²) in [5.74, 6) is 1.24. The van der Waals surface area contributed by atoms with E-state index in [1.807, 2.05) is 4.90 Å².